The quantitative estimate of drug-likeness (QED) is 0.262. The van der Waals surface area contributed by atoms with Crippen molar-refractivity contribution < 1.29 is 14.3 Å². The van der Waals surface area contributed by atoms with Gasteiger partial charge in [0.25, 0.3) is 0 Å². The number of allylic oxidation sites excluding steroid dienone is 1. The number of carbonyl (C=O) groups excluding carboxylic acids is 1. The average Bonchev–Trinajstić information content (AvgIpc) is 3.31. The van der Waals surface area contributed by atoms with Crippen molar-refractivity contribution in [3.05, 3.63) is 117 Å². The van der Waals surface area contributed by atoms with E-state index < -0.39 is 11.4 Å². The number of ether oxygens (including phenoxy) is 2. The number of nitriles is 1. The molecule has 1 saturated carbocycles. The summed E-state index contributed by atoms with van der Waals surface area (Å²) in [5.74, 6) is 0.192. The number of halogens is 1. The normalized spacial score (nSPS) is 18.3. The van der Waals surface area contributed by atoms with Gasteiger partial charge in [0.15, 0.2) is 0 Å². The second-order valence-corrected chi connectivity index (χ2v) is 10.7. The standard InChI is InChI=1S/C32H27ClN4O3/c1-19-28-30(37-36-19)40-29(35)27(17-34)32(28,24-8-5-9-24)25-14-23(15-26(33)16-25)21-10-12-22(13-11-21)31(38)39-18-20-6-3-2-4-7-20/h2-4,6-7,10-16,24H,5,8-9,18,35H2,1H3,(H,36,37). The van der Waals surface area contributed by atoms with Crippen molar-refractivity contribution in [3.63, 3.8) is 0 Å². The molecule has 0 bridgehead atoms. The molecule has 0 amide bonds. The number of nitrogens with one attached hydrogen (secondary N) is 1. The molecule has 3 N–H and O–H groups in total. The van der Waals surface area contributed by atoms with Crippen molar-refractivity contribution in [1.82, 2.24) is 10.2 Å². The number of hydrogen-bond donors (Lipinski definition) is 2. The molecular formula is C32H27ClN4O3. The Bertz CT molecular complexity index is 1670. The Labute approximate surface area is 237 Å². The van der Waals surface area contributed by atoms with Gasteiger partial charge < -0.3 is 15.2 Å². The summed E-state index contributed by atoms with van der Waals surface area (Å²) >= 11 is 6.74. The van der Waals surface area contributed by atoms with Crippen molar-refractivity contribution in [3.8, 4) is 23.1 Å². The summed E-state index contributed by atoms with van der Waals surface area (Å²) in [4.78, 5) is 12.6. The maximum atomic E-state index is 12.6. The summed E-state index contributed by atoms with van der Waals surface area (Å²) in [6.07, 6.45) is 2.93. The van der Waals surface area contributed by atoms with Crippen molar-refractivity contribution in [2.24, 2.45) is 11.7 Å². The van der Waals surface area contributed by atoms with Crippen molar-refractivity contribution >= 4 is 17.6 Å². The van der Waals surface area contributed by atoms with Gasteiger partial charge in [-0.2, -0.15) is 5.26 Å². The molecule has 1 unspecified atom stereocenters. The first-order valence-corrected chi connectivity index (χ1v) is 13.6. The predicted molar refractivity (Wildman–Crippen MR) is 151 cm³/mol. The fraction of sp³-hybridized carbons (Fsp3) is 0.219. The number of nitrogens with two attached hydrogens (primary N) is 1. The van der Waals surface area contributed by atoms with E-state index in [9.17, 15) is 10.1 Å². The largest absolute Gasteiger partial charge is 0.457 e. The first kappa shape index (κ1) is 25.7. The van der Waals surface area contributed by atoms with Crippen molar-refractivity contribution in [1.29, 1.82) is 5.26 Å². The number of aryl methyl sites for hydroxylation is 1. The predicted octanol–water partition coefficient (Wildman–Crippen LogP) is 6.57. The number of H-pyrrole nitrogens is 1. The lowest BCUT2D eigenvalue weighted by atomic mass is 9.55. The van der Waals surface area contributed by atoms with Crippen LogP contribution < -0.4 is 10.5 Å². The van der Waals surface area contributed by atoms with Crippen LogP contribution in [0, 0.1) is 24.2 Å². The molecule has 1 aromatic heterocycles. The summed E-state index contributed by atoms with van der Waals surface area (Å²) in [6.45, 7) is 2.14. The lowest BCUT2D eigenvalue weighted by molar-refractivity contribution is 0.0472. The highest BCUT2D eigenvalue weighted by atomic mass is 35.5. The summed E-state index contributed by atoms with van der Waals surface area (Å²) < 4.78 is 11.3. The Morgan fingerprint density at radius 2 is 1.90 bits per heavy atom. The van der Waals surface area contributed by atoms with E-state index in [2.05, 4.69) is 22.3 Å². The molecule has 1 fully saturated rings. The third kappa shape index (κ3) is 4.21. The van der Waals surface area contributed by atoms with Crippen LogP contribution in [0.2, 0.25) is 5.02 Å². The maximum absolute atomic E-state index is 12.6. The zero-order valence-corrected chi connectivity index (χ0v) is 22.7. The van der Waals surface area contributed by atoms with Crippen LogP contribution in [-0.2, 0) is 16.8 Å². The summed E-state index contributed by atoms with van der Waals surface area (Å²) in [7, 11) is 0. The van der Waals surface area contributed by atoms with Gasteiger partial charge >= 0.3 is 5.97 Å². The third-order valence-corrected chi connectivity index (χ3v) is 8.22. The maximum Gasteiger partial charge on any atom is 0.338 e. The molecule has 4 aromatic rings. The van der Waals surface area contributed by atoms with Gasteiger partial charge in [-0.05, 0) is 78.3 Å². The molecule has 7 nitrogen and oxygen atoms in total. The first-order chi connectivity index (χ1) is 19.4. The van der Waals surface area contributed by atoms with Gasteiger partial charge in [0.2, 0.25) is 11.8 Å². The van der Waals surface area contributed by atoms with Crippen LogP contribution in [0.5, 0.6) is 5.88 Å². The minimum absolute atomic E-state index is 0.0632. The molecule has 2 heterocycles. The minimum atomic E-state index is -0.845. The van der Waals surface area contributed by atoms with Gasteiger partial charge in [-0.15, -0.1) is 5.10 Å². The SMILES string of the molecule is Cc1[nH]nc2c1C(c1cc(Cl)cc(-c3ccc(C(=O)OCc4ccccc4)cc3)c1)(C1CCC1)C(C#N)=C(N)O2. The molecule has 2 aliphatic rings. The molecule has 0 spiro atoms. The molecule has 1 atom stereocenters. The Hall–Kier alpha value is -4.54. The monoisotopic (exact) mass is 550 g/mol. The number of aromatic amines is 1. The van der Waals surface area contributed by atoms with Crippen LogP contribution in [0.3, 0.4) is 0 Å². The number of hydrogen-bond acceptors (Lipinski definition) is 6. The molecule has 6 rings (SSSR count). The summed E-state index contributed by atoms with van der Waals surface area (Å²) in [6, 6.07) is 25.0. The van der Waals surface area contributed by atoms with E-state index in [1.54, 1.807) is 12.1 Å². The van der Waals surface area contributed by atoms with Gasteiger partial charge in [-0.1, -0.05) is 60.5 Å². The van der Waals surface area contributed by atoms with Crippen LogP contribution in [0.25, 0.3) is 11.1 Å². The van der Waals surface area contributed by atoms with Crippen molar-refractivity contribution in [2.75, 3.05) is 0 Å². The highest BCUT2D eigenvalue weighted by molar-refractivity contribution is 6.31. The number of esters is 1. The zero-order valence-electron chi connectivity index (χ0n) is 21.9. The Balaban J connectivity index is 1.39. The smallest absolute Gasteiger partial charge is 0.338 e. The van der Waals surface area contributed by atoms with Crippen LogP contribution in [0.4, 0.5) is 0 Å². The molecule has 200 valence electrons. The van der Waals surface area contributed by atoms with Crippen molar-refractivity contribution in [2.45, 2.75) is 38.2 Å². The second-order valence-electron chi connectivity index (χ2n) is 10.3. The highest BCUT2D eigenvalue weighted by Crippen LogP contribution is 2.58. The first-order valence-electron chi connectivity index (χ1n) is 13.2. The number of aromatic nitrogens is 2. The van der Waals surface area contributed by atoms with E-state index in [1.165, 1.54) is 0 Å². The van der Waals surface area contributed by atoms with Crippen LogP contribution >= 0.6 is 11.6 Å². The molecule has 1 aliphatic heterocycles. The Morgan fingerprint density at radius 3 is 2.58 bits per heavy atom. The second kappa shape index (κ2) is 10.2. The van der Waals surface area contributed by atoms with E-state index >= 15 is 0 Å². The molecule has 0 saturated heterocycles. The third-order valence-electron chi connectivity index (χ3n) is 8.00. The molecule has 40 heavy (non-hydrogen) atoms. The Kier molecular flexibility index (Phi) is 6.57. The van der Waals surface area contributed by atoms with Gasteiger partial charge in [-0.3, -0.25) is 5.10 Å². The average molecular weight is 551 g/mol. The molecule has 1 aliphatic carbocycles. The fourth-order valence-corrected chi connectivity index (χ4v) is 6.16. The van der Waals surface area contributed by atoms with Gasteiger partial charge in [0.05, 0.1) is 16.5 Å². The van der Waals surface area contributed by atoms with Gasteiger partial charge in [-0.25, -0.2) is 4.79 Å². The molecule has 3 aromatic carbocycles. The van der Waals surface area contributed by atoms with Gasteiger partial charge in [0, 0.05) is 10.7 Å². The zero-order chi connectivity index (χ0) is 27.9. The van der Waals surface area contributed by atoms with E-state index in [1.807, 2.05) is 61.5 Å². The Morgan fingerprint density at radius 1 is 1.15 bits per heavy atom. The van der Waals surface area contributed by atoms with Crippen LogP contribution in [0.1, 0.15) is 52.0 Å². The lowest BCUT2D eigenvalue weighted by Crippen LogP contribution is -2.46. The summed E-state index contributed by atoms with van der Waals surface area (Å²) in [5, 5.41) is 18.3. The number of nitrogens with zero attached hydrogens (tertiary/aromatic N) is 2. The number of rotatable bonds is 6. The highest BCUT2D eigenvalue weighted by Gasteiger charge is 2.54. The van der Waals surface area contributed by atoms with Gasteiger partial charge in [0.1, 0.15) is 18.2 Å². The minimum Gasteiger partial charge on any atom is -0.457 e. The van der Waals surface area contributed by atoms with E-state index in [0.29, 0.717) is 22.0 Å². The van der Waals surface area contributed by atoms with E-state index in [-0.39, 0.29) is 18.4 Å². The fourth-order valence-electron chi connectivity index (χ4n) is 5.93. The molecular weight excluding hydrogens is 524 g/mol. The lowest BCUT2D eigenvalue weighted by Gasteiger charge is -2.47. The van der Waals surface area contributed by atoms with Crippen LogP contribution in [-0.4, -0.2) is 16.2 Å². The van der Waals surface area contributed by atoms with Crippen LogP contribution in [0.15, 0.2) is 84.3 Å². The molecule has 8 heteroatoms. The van der Waals surface area contributed by atoms with E-state index in [4.69, 9.17) is 26.8 Å². The number of fused-ring (bicyclic) bond motifs is 1. The number of carbonyl (C=O) groups is 1. The number of benzene rings is 3. The summed E-state index contributed by atoms with van der Waals surface area (Å²) in [5.41, 5.74) is 11.5. The topological polar surface area (TPSA) is 114 Å². The van der Waals surface area contributed by atoms with E-state index in [0.717, 1.165) is 52.8 Å². The molecule has 0 radical (unpaired) electrons.